The molecule has 1 heterocycles. The van der Waals surface area contributed by atoms with Gasteiger partial charge in [-0.2, -0.15) is 0 Å². The van der Waals surface area contributed by atoms with E-state index in [0.29, 0.717) is 0 Å². The van der Waals surface area contributed by atoms with Crippen LogP contribution in [0.4, 0.5) is 0 Å². The predicted molar refractivity (Wildman–Crippen MR) is 87.7 cm³/mol. The van der Waals surface area contributed by atoms with Crippen LogP contribution < -0.4 is 0 Å². The number of nitrogens with zero attached hydrogens (tertiary/aromatic N) is 2. The SMILES string of the molecule is CCOC(=O)C(CCOC)(C(=O)OC(C)(C)C)c1cncc(Cl)n1. The molecule has 0 fully saturated rings. The van der Waals surface area contributed by atoms with Crippen molar-refractivity contribution in [1.29, 1.82) is 0 Å². The summed E-state index contributed by atoms with van der Waals surface area (Å²) in [6.45, 7) is 7.00. The molecule has 0 saturated carbocycles. The maximum Gasteiger partial charge on any atom is 0.330 e. The van der Waals surface area contributed by atoms with E-state index in [1.165, 1.54) is 19.5 Å². The number of halogens is 1. The summed E-state index contributed by atoms with van der Waals surface area (Å²) in [5.74, 6) is -1.55. The molecule has 1 aromatic heterocycles. The zero-order chi connectivity index (χ0) is 18.4. The van der Waals surface area contributed by atoms with Crippen LogP contribution in [0.2, 0.25) is 5.15 Å². The number of hydrogen-bond acceptors (Lipinski definition) is 7. The van der Waals surface area contributed by atoms with Gasteiger partial charge in [-0.3, -0.25) is 14.6 Å². The lowest BCUT2D eigenvalue weighted by Crippen LogP contribution is -2.49. The zero-order valence-electron chi connectivity index (χ0n) is 14.6. The summed E-state index contributed by atoms with van der Waals surface area (Å²) >= 11 is 5.90. The standard InChI is InChI=1S/C16H23ClN2O5/c1-6-23-13(20)16(7-8-22-5,14(21)24-15(2,3)4)11-9-18-10-12(17)19-11/h9-10H,6-8H2,1-5H3. The number of hydrogen-bond donors (Lipinski definition) is 0. The molecule has 0 amide bonds. The van der Waals surface area contributed by atoms with Crippen LogP contribution in [0.3, 0.4) is 0 Å². The van der Waals surface area contributed by atoms with Crippen LogP contribution in [0.15, 0.2) is 12.4 Å². The second-order valence-electron chi connectivity index (χ2n) is 6.10. The van der Waals surface area contributed by atoms with E-state index in [9.17, 15) is 9.59 Å². The Labute approximate surface area is 146 Å². The van der Waals surface area contributed by atoms with Crippen LogP contribution >= 0.6 is 11.6 Å². The number of methoxy groups -OCH3 is 1. The molecule has 0 aliphatic rings. The third-order valence-electron chi connectivity index (χ3n) is 3.09. The van der Waals surface area contributed by atoms with Crippen molar-refractivity contribution >= 4 is 23.5 Å². The smallest absolute Gasteiger partial charge is 0.330 e. The van der Waals surface area contributed by atoms with E-state index in [1.54, 1.807) is 27.7 Å². The van der Waals surface area contributed by atoms with Crippen molar-refractivity contribution < 1.29 is 23.8 Å². The molecule has 0 radical (unpaired) electrons. The van der Waals surface area contributed by atoms with Crippen LogP contribution in [-0.4, -0.2) is 47.8 Å². The molecule has 0 spiro atoms. The molecule has 1 unspecified atom stereocenters. The van der Waals surface area contributed by atoms with E-state index in [2.05, 4.69) is 9.97 Å². The molecule has 0 bridgehead atoms. The normalized spacial score (nSPS) is 13.9. The lowest BCUT2D eigenvalue weighted by molar-refractivity contribution is -0.173. The first kappa shape index (κ1) is 20.3. The molecule has 0 saturated heterocycles. The van der Waals surface area contributed by atoms with Gasteiger partial charge >= 0.3 is 11.9 Å². The molecule has 0 aliphatic carbocycles. The number of aromatic nitrogens is 2. The van der Waals surface area contributed by atoms with Crippen molar-refractivity contribution in [3.8, 4) is 0 Å². The second-order valence-corrected chi connectivity index (χ2v) is 6.48. The Balaban J connectivity index is 3.48. The quantitative estimate of drug-likeness (QED) is 0.546. The van der Waals surface area contributed by atoms with Gasteiger partial charge in [-0.15, -0.1) is 0 Å². The fourth-order valence-corrected chi connectivity index (χ4v) is 2.19. The van der Waals surface area contributed by atoms with Gasteiger partial charge in [-0.1, -0.05) is 11.6 Å². The summed E-state index contributed by atoms with van der Waals surface area (Å²) < 4.78 is 15.6. The van der Waals surface area contributed by atoms with E-state index in [-0.39, 0.29) is 30.5 Å². The van der Waals surface area contributed by atoms with Gasteiger partial charge in [0.1, 0.15) is 10.8 Å². The first-order valence-electron chi connectivity index (χ1n) is 7.55. The average Bonchev–Trinajstić information content (AvgIpc) is 2.46. The van der Waals surface area contributed by atoms with Gasteiger partial charge in [0, 0.05) is 20.1 Å². The summed E-state index contributed by atoms with van der Waals surface area (Å²) in [7, 11) is 1.47. The van der Waals surface area contributed by atoms with Gasteiger partial charge in [0.2, 0.25) is 5.41 Å². The molecule has 8 heteroatoms. The molecule has 0 N–H and O–H groups in total. The highest BCUT2D eigenvalue weighted by molar-refractivity contribution is 6.29. The van der Waals surface area contributed by atoms with E-state index in [4.69, 9.17) is 25.8 Å². The minimum Gasteiger partial charge on any atom is -0.465 e. The minimum atomic E-state index is -1.79. The Kier molecular flexibility index (Phi) is 7.10. The third-order valence-corrected chi connectivity index (χ3v) is 3.28. The maximum atomic E-state index is 12.9. The molecule has 134 valence electrons. The van der Waals surface area contributed by atoms with Gasteiger partial charge < -0.3 is 14.2 Å². The van der Waals surface area contributed by atoms with E-state index in [1.807, 2.05) is 0 Å². The number of esters is 2. The van der Waals surface area contributed by atoms with Crippen molar-refractivity contribution in [3.05, 3.63) is 23.2 Å². The van der Waals surface area contributed by atoms with Crippen LogP contribution in [0, 0.1) is 0 Å². The molecule has 0 aromatic carbocycles. The molecule has 0 aliphatic heterocycles. The first-order chi connectivity index (χ1) is 11.2. The van der Waals surface area contributed by atoms with Gasteiger partial charge in [0.25, 0.3) is 0 Å². The Hall–Kier alpha value is -1.73. The fourth-order valence-electron chi connectivity index (χ4n) is 2.05. The average molecular weight is 359 g/mol. The van der Waals surface area contributed by atoms with Crippen LogP contribution in [0.1, 0.15) is 39.8 Å². The van der Waals surface area contributed by atoms with Crippen molar-refractivity contribution in [2.75, 3.05) is 20.3 Å². The third kappa shape index (κ3) is 4.88. The van der Waals surface area contributed by atoms with Gasteiger partial charge in [0.15, 0.2) is 0 Å². The van der Waals surface area contributed by atoms with Crippen molar-refractivity contribution in [1.82, 2.24) is 9.97 Å². The lowest BCUT2D eigenvalue weighted by Gasteiger charge is -2.31. The van der Waals surface area contributed by atoms with Gasteiger partial charge in [-0.05, 0) is 27.7 Å². The lowest BCUT2D eigenvalue weighted by atomic mass is 9.81. The van der Waals surface area contributed by atoms with Crippen molar-refractivity contribution in [2.45, 2.75) is 45.1 Å². The topological polar surface area (TPSA) is 87.6 Å². The maximum absolute atomic E-state index is 12.9. The van der Waals surface area contributed by atoms with Crippen molar-refractivity contribution in [2.24, 2.45) is 0 Å². The van der Waals surface area contributed by atoms with Gasteiger partial charge in [0.05, 0.1) is 24.7 Å². The number of rotatable bonds is 7. The number of carbonyl (C=O) groups excluding carboxylic acids is 2. The monoisotopic (exact) mass is 358 g/mol. The Morgan fingerprint density at radius 3 is 2.38 bits per heavy atom. The summed E-state index contributed by atoms with van der Waals surface area (Å²) in [5.41, 5.74) is -2.52. The minimum absolute atomic E-state index is 0.00767. The molecule has 24 heavy (non-hydrogen) atoms. The highest BCUT2D eigenvalue weighted by Crippen LogP contribution is 2.32. The van der Waals surface area contributed by atoms with Crippen molar-refractivity contribution in [3.63, 3.8) is 0 Å². The van der Waals surface area contributed by atoms with Crippen LogP contribution in [-0.2, 0) is 29.2 Å². The largest absolute Gasteiger partial charge is 0.465 e. The molecule has 1 rings (SSSR count). The zero-order valence-corrected chi connectivity index (χ0v) is 15.3. The second kappa shape index (κ2) is 8.39. The van der Waals surface area contributed by atoms with Gasteiger partial charge in [-0.25, -0.2) is 4.98 Å². The Morgan fingerprint density at radius 2 is 1.88 bits per heavy atom. The van der Waals surface area contributed by atoms with E-state index >= 15 is 0 Å². The Bertz CT molecular complexity index is 588. The predicted octanol–water partition coefficient (Wildman–Crippen LogP) is 2.31. The summed E-state index contributed by atoms with van der Waals surface area (Å²) in [4.78, 5) is 33.7. The summed E-state index contributed by atoms with van der Waals surface area (Å²) in [6.07, 6.45) is 2.61. The van der Waals surface area contributed by atoms with Crippen LogP contribution in [0.5, 0.6) is 0 Å². The molecular weight excluding hydrogens is 336 g/mol. The van der Waals surface area contributed by atoms with E-state index < -0.39 is 23.0 Å². The number of ether oxygens (including phenoxy) is 3. The fraction of sp³-hybridized carbons (Fsp3) is 0.625. The van der Waals surface area contributed by atoms with Crippen LogP contribution in [0.25, 0.3) is 0 Å². The van der Waals surface area contributed by atoms with E-state index in [0.717, 1.165) is 0 Å². The molecule has 7 nitrogen and oxygen atoms in total. The molecule has 1 aromatic rings. The first-order valence-corrected chi connectivity index (χ1v) is 7.92. The molecule has 1 atom stereocenters. The highest BCUT2D eigenvalue weighted by Gasteiger charge is 2.53. The highest BCUT2D eigenvalue weighted by atomic mass is 35.5. The molecular formula is C16H23ClN2O5. The number of carbonyl (C=O) groups is 2. The summed E-state index contributed by atoms with van der Waals surface area (Å²) in [6, 6.07) is 0. The summed E-state index contributed by atoms with van der Waals surface area (Å²) in [5, 5.41) is 0.0575. The Morgan fingerprint density at radius 1 is 1.21 bits per heavy atom.